The fourth-order valence-electron chi connectivity index (χ4n) is 1.94. The third-order valence-corrected chi connectivity index (χ3v) is 2.71. The molecule has 2 amide bonds. The Kier molecular flexibility index (Phi) is 3.29. The molecule has 84 valence electrons. The molecular weight excluding hydrogens is 192 g/mol. The molecule has 0 bridgehead atoms. The maximum absolute atomic E-state index is 11.5. The second kappa shape index (κ2) is 4.14. The van der Waals surface area contributed by atoms with E-state index in [9.17, 15) is 9.59 Å². The molecular formula is C11H18N2O2. The maximum atomic E-state index is 11.5. The van der Waals surface area contributed by atoms with Gasteiger partial charge >= 0.3 is 0 Å². The molecule has 0 spiro atoms. The summed E-state index contributed by atoms with van der Waals surface area (Å²) < 4.78 is 0. The lowest BCUT2D eigenvalue weighted by Crippen LogP contribution is -2.50. The van der Waals surface area contributed by atoms with Crippen LogP contribution in [0.4, 0.5) is 0 Å². The van der Waals surface area contributed by atoms with Gasteiger partial charge in [-0.2, -0.15) is 0 Å². The zero-order valence-corrected chi connectivity index (χ0v) is 9.70. The number of carbonyl (C=O) groups is 2. The molecule has 1 unspecified atom stereocenters. The molecule has 0 aromatic heterocycles. The van der Waals surface area contributed by atoms with Gasteiger partial charge in [0.1, 0.15) is 0 Å². The minimum Gasteiger partial charge on any atom is -0.317 e. The normalized spacial score (nSPS) is 18.8. The summed E-state index contributed by atoms with van der Waals surface area (Å²) in [5.41, 5.74) is -0.444. The topological polar surface area (TPSA) is 49.4 Å². The van der Waals surface area contributed by atoms with Gasteiger partial charge in [-0.05, 0) is 34.2 Å². The third kappa shape index (κ3) is 2.45. The van der Waals surface area contributed by atoms with Gasteiger partial charge in [0.25, 0.3) is 11.8 Å². The lowest BCUT2D eigenvalue weighted by molar-refractivity contribution is -0.143. The molecule has 0 saturated carbocycles. The van der Waals surface area contributed by atoms with E-state index in [1.807, 2.05) is 27.8 Å². The predicted molar refractivity (Wildman–Crippen MR) is 58.2 cm³/mol. The predicted octanol–water partition coefficient (Wildman–Crippen LogP) is 0.688. The van der Waals surface area contributed by atoms with E-state index in [2.05, 4.69) is 5.32 Å². The van der Waals surface area contributed by atoms with Gasteiger partial charge < -0.3 is 5.32 Å². The van der Waals surface area contributed by atoms with Crippen LogP contribution in [0.5, 0.6) is 0 Å². The standard InChI is InChI=1S/C11H18N2O2/c1-8(12-4)7-11(2,3)13-9(14)5-6-10(13)15/h5-6,8,12H,7H2,1-4H3. The van der Waals surface area contributed by atoms with Crippen molar-refractivity contribution in [2.45, 2.75) is 38.8 Å². The van der Waals surface area contributed by atoms with Crippen molar-refractivity contribution in [3.05, 3.63) is 12.2 Å². The zero-order chi connectivity index (χ0) is 11.6. The van der Waals surface area contributed by atoms with Crippen LogP contribution in [-0.2, 0) is 9.59 Å². The number of hydrogen-bond acceptors (Lipinski definition) is 3. The highest BCUT2D eigenvalue weighted by Crippen LogP contribution is 2.24. The molecule has 0 radical (unpaired) electrons. The Morgan fingerprint density at radius 2 is 1.80 bits per heavy atom. The van der Waals surface area contributed by atoms with Gasteiger partial charge in [0.2, 0.25) is 0 Å². The SMILES string of the molecule is CNC(C)CC(C)(C)N1C(=O)C=CC1=O. The molecule has 4 nitrogen and oxygen atoms in total. The summed E-state index contributed by atoms with van der Waals surface area (Å²) in [5.74, 6) is -0.429. The van der Waals surface area contributed by atoms with Crippen LogP contribution in [0.2, 0.25) is 0 Å². The Balaban J connectivity index is 2.77. The van der Waals surface area contributed by atoms with Gasteiger partial charge in [-0.25, -0.2) is 0 Å². The molecule has 1 atom stereocenters. The van der Waals surface area contributed by atoms with Crippen molar-refractivity contribution in [1.82, 2.24) is 10.2 Å². The molecule has 15 heavy (non-hydrogen) atoms. The monoisotopic (exact) mass is 210 g/mol. The van der Waals surface area contributed by atoms with Crippen LogP contribution in [0.15, 0.2) is 12.2 Å². The Morgan fingerprint density at radius 3 is 2.20 bits per heavy atom. The van der Waals surface area contributed by atoms with E-state index in [0.29, 0.717) is 0 Å². The van der Waals surface area contributed by atoms with Crippen molar-refractivity contribution < 1.29 is 9.59 Å². The van der Waals surface area contributed by atoms with Crippen molar-refractivity contribution in [3.8, 4) is 0 Å². The van der Waals surface area contributed by atoms with Crippen molar-refractivity contribution in [2.24, 2.45) is 0 Å². The van der Waals surface area contributed by atoms with Crippen LogP contribution in [0.1, 0.15) is 27.2 Å². The second-order valence-corrected chi connectivity index (χ2v) is 4.55. The van der Waals surface area contributed by atoms with Gasteiger partial charge in [-0.1, -0.05) is 0 Å². The van der Waals surface area contributed by atoms with Crippen molar-refractivity contribution in [1.29, 1.82) is 0 Å². The van der Waals surface area contributed by atoms with Crippen molar-refractivity contribution in [2.75, 3.05) is 7.05 Å². The first-order valence-electron chi connectivity index (χ1n) is 5.12. The lowest BCUT2D eigenvalue weighted by Gasteiger charge is -2.35. The molecule has 1 aliphatic rings. The van der Waals surface area contributed by atoms with Crippen LogP contribution >= 0.6 is 0 Å². The van der Waals surface area contributed by atoms with Crippen LogP contribution in [0, 0.1) is 0 Å². The quantitative estimate of drug-likeness (QED) is 0.694. The Morgan fingerprint density at radius 1 is 1.33 bits per heavy atom. The van der Waals surface area contributed by atoms with Crippen LogP contribution in [0.25, 0.3) is 0 Å². The number of hydrogen-bond donors (Lipinski definition) is 1. The average Bonchev–Trinajstić information content (AvgIpc) is 2.45. The fraction of sp³-hybridized carbons (Fsp3) is 0.636. The molecule has 4 heteroatoms. The summed E-state index contributed by atoms with van der Waals surface area (Å²) in [6.45, 7) is 5.84. The van der Waals surface area contributed by atoms with E-state index in [-0.39, 0.29) is 17.9 Å². The highest BCUT2D eigenvalue weighted by atomic mass is 16.2. The third-order valence-electron chi connectivity index (χ3n) is 2.71. The van der Waals surface area contributed by atoms with Crippen LogP contribution < -0.4 is 5.32 Å². The number of rotatable bonds is 4. The smallest absolute Gasteiger partial charge is 0.254 e. The van der Waals surface area contributed by atoms with E-state index in [1.54, 1.807) is 0 Å². The molecule has 0 aromatic carbocycles. The molecule has 0 aliphatic carbocycles. The Bertz CT molecular complexity index is 290. The second-order valence-electron chi connectivity index (χ2n) is 4.55. The number of nitrogens with zero attached hydrogens (tertiary/aromatic N) is 1. The van der Waals surface area contributed by atoms with Gasteiger partial charge in [-0.3, -0.25) is 14.5 Å². The number of carbonyl (C=O) groups excluding carboxylic acids is 2. The highest BCUT2D eigenvalue weighted by molar-refractivity contribution is 6.13. The zero-order valence-electron chi connectivity index (χ0n) is 9.70. The first kappa shape index (κ1) is 11.9. The fourth-order valence-corrected chi connectivity index (χ4v) is 1.94. The number of imide groups is 1. The summed E-state index contributed by atoms with van der Waals surface area (Å²) in [6, 6.07) is 0.265. The van der Waals surface area contributed by atoms with E-state index < -0.39 is 5.54 Å². The molecule has 0 saturated heterocycles. The van der Waals surface area contributed by atoms with Crippen LogP contribution in [0.3, 0.4) is 0 Å². The number of amides is 2. The Labute approximate surface area is 90.3 Å². The first-order valence-corrected chi connectivity index (χ1v) is 5.12. The number of nitrogens with one attached hydrogen (secondary N) is 1. The highest BCUT2D eigenvalue weighted by Gasteiger charge is 2.37. The van der Waals surface area contributed by atoms with Crippen LogP contribution in [-0.4, -0.2) is 35.3 Å². The summed E-state index contributed by atoms with van der Waals surface area (Å²) in [5, 5.41) is 3.10. The van der Waals surface area contributed by atoms with E-state index >= 15 is 0 Å². The van der Waals surface area contributed by atoms with Gasteiger partial charge in [0.05, 0.1) is 0 Å². The van der Waals surface area contributed by atoms with E-state index in [1.165, 1.54) is 17.1 Å². The lowest BCUT2D eigenvalue weighted by atomic mass is 9.94. The largest absolute Gasteiger partial charge is 0.317 e. The van der Waals surface area contributed by atoms with Gasteiger partial charge in [-0.15, -0.1) is 0 Å². The summed E-state index contributed by atoms with van der Waals surface area (Å²) in [4.78, 5) is 24.3. The minimum absolute atomic E-state index is 0.215. The molecule has 1 heterocycles. The molecule has 0 fully saturated rings. The van der Waals surface area contributed by atoms with E-state index in [4.69, 9.17) is 0 Å². The molecule has 0 aromatic rings. The van der Waals surface area contributed by atoms with Crippen molar-refractivity contribution in [3.63, 3.8) is 0 Å². The first-order chi connectivity index (χ1) is 6.88. The van der Waals surface area contributed by atoms with Gasteiger partial charge in [0, 0.05) is 23.7 Å². The van der Waals surface area contributed by atoms with Crippen molar-refractivity contribution >= 4 is 11.8 Å². The average molecular weight is 210 g/mol. The maximum Gasteiger partial charge on any atom is 0.254 e. The molecule has 1 rings (SSSR count). The minimum atomic E-state index is -0.444. The van der Waals surface area contributed by atoms with E-state index in [0.717, 1.165) is 6.42 Å². The molecule has 1 N–H and O–H groups in total. The summed E-state index contributed by atoms with van der Waals surface area (Å²) in [6.07, 6.45) is 3.39. The molecule has 1 aliphatic heterocycles. The summed E-state index contributed by atoms with van der Waals surface area (Å²) >= 11 is 0. The Hall–Kier alpha value is -1.16. The van der Waals surface area contributed by atoms with Gasteiger partial charge in [0.15, 0.2) is 0 Å². The summed E-state index contributed by atoms with van der Waals surface area (Å²) in [7, 11) is 1.87.